The minimum atomic E-state index is -0.0425. The van der Waals surface area contributed by atoms with E-state index >= 15 is 0 Å². The maximum absolute atomic E-state index is 6.31. The van der Waals surface area contributed by atoms with Crippen molar-refractivity contribution < 1.29 is 4.42 Å². The molecule has 52 heavy (non-hydrogen) atoms. The maximum Gasteiger partial charge on any atom is 0.136 e. The Balaban J connectivity index is 1.06. The number of thiophene rings is 1. The molecule has 2 heterocycles. The van der Waals surface area contributed by atoms with Gasteiger partial charge in [-0.15, -0.1) is 11.3 Å². The van der Waals surface area contributed by atoms with Crippen LogP contribution in [0.2, 0.25) is 0 Å². The summed E-state index contributed by atoms with van der Waals surface area (Å²) in [5.41, 5.74) is 13.0. The van der Waals surface area contributed by atoms with Crippen LogP contribution in [0.25, 0.3) is 75.1 Å². The molecule has 0 spiro atoms. The minimum Gasteiger partial charge on any atom is -0.456 e. The monoisotopic (exact) mass is 683 g/mol. The standard InChI is InChI=1S/C49H33NOS/c1-49(2)42-13-7-5-11-37(42)39-28-34(21-23-43(39)49)50(35-22-26-47-40(29-35)38-12-6-8-14-46(38)52-47)33-19-15-30(16-20-33)32-18-24-44-41(27-32)48-36-10-4-3-9-31(36)17-25-45(48)51-44/h3-29H,1-2H3. The molecule has 0 bridgehead atoms. The Kier molecular flexibility index (Phi) is 6.21. The molecule has 1 aliphatic carbocycles. The summed E-state index contributed by atoms with van der Waals surface area (Å²) >= 11 is 1.86. The molecule has 2 aromatic heterocycles. The first-order chi connectivity index (χ1) is 25.5. The quantitative estimate of drug-likeness (QED) is 0.184. The zero-order chi connectivity index (χ0) is 34.6. The van der Waals surface area contributed by atoms with Crippen LogP contribution in [-0.2, 0) is 5.41 Å². The lowest BCUT2D eigenvalue weighted by Crippen LogP contribution is -2.15. The fourth-order valence-electron chi connectivity index (χ4n) is 8.68. The van der Waals surface area contributed by atoms with Gasteiger partial charge in [0.25, 0.3) is 0 Å². The van der Waals surface area contributed by atoms with Crippen molar-refractivity contribution in [3.05, 3.63) is 175 Å². The first kappa shape index (κ1) is 29.6. The average Bonchev–Trinajstić information content (AvgIpc) is 3.83. The van der Waals surface area contributed by atoms with E-state index in [9.17, 15) is 0 Å². The van der Waals surface area contributed by atoms with Crippen LogP contribution in [-0.4, -0.2) is 0 Å². The number of anilines is 3. The van der Waals surface area contributed by atoms with E-state index in [1.165, 1.54) is 69.7 Å². The van der Waals surface area contributed by atoms with E-state index < -0.39 is 0 Å². The van der Waals surface area contributed by atoms with Crippen LogP contribution in [0.5, 0.6) is 0 Å². The Hall–Kier alpha value is -6.16. The van der Waals surface area contributed by atoms with Gasteiger partial charge in [0.05, 0.1) is 0 Å². The summed E-state index contributed by atoms with van der Waals surface area (Å²) in [6.07, 6.45) is 0. The molecule has 246 valence electrons. The fourth-order valence-corrected chi connectivity index (χ4v) is 9.76. The molecule has 2 nitrogen and oxygen atoms in total. The lowest BCUT2D eigenvalue weighted by Gasteiger charge is -2.27. The molecular weight excluding hydrogens is 651 g/mol. The van der Waals surface area contributed by atoms with Crippen LogP contribution in [0, 0.1) is 0 Å². The number of rotatable bonds is 4. The van der Waals surface area contributed by atoms with Gasteiger partial charge < -0.3 is 9.32 Å². The molecule has 0 saturated heterocycles. The molecular formula is C49H33NOS. The van der Waals surface area contributed by atoms with Crippen molar-refractivity contribution in [1.82, 2.24) is 0 Å². The van der Waals surface area contributed by atoms with E-state index in [4.69, 9.17) is 4.42 Å². The zero-order valence-electron chi connectivity index (χ0n) is 28.9. The largest absolute Gasteiger partial charge is 0.456 e. The lowest BCUT2D eigenvalue weighted by atomic mass is 9.82. The summed E-state index contributed by atoms with van der Waals surface area (Å²) in [5, 5.41) is 7.36. The van der Waals surface area contributed by atoms with Crippen LogP contribution >= 0.6 is 11.3 Å². The van der Waals surface area contributed by atoms with Crippen molar-refractivity contribution >= 4 is 81.3 Å². The van der Waals surface area contributed by atoms with Crippen molar-refractivity contribution in [2.24, 2.45) is 0 Å². The smallest absolute Gasteiger partial charge is 0.136 e. The second-order valence-electron chi connectivity index (χ2n) is 14.5. The van der Waals surface area contributed by atoms with Crippen LogP contribution in [0.4, 0.5) is 17.1 Å². The highest BCUT2D eigenvalue weighted by Crippen LogP contribution is 2.51. The Labute approximate surface area is 305 Å². The summed E-state index contributed by atoms with van der Waals surface area (Å²) in [4.78, 5) is 2.42. The van der Waals surface area contributed by atoms with Gasteiger partial charge in [0.2, 0.25) is 0 Å². The topological polar surface area (TPSA) is 16.4 Å². The summed E-state index contributed by atoms with van der Waals surface area (Å²) in [6.45, 7) is 4.69. The molecule has 8 aromatic carbocycles. The van der Waals surface area contributed by atoms with Gasteiger partial charge >= 0.3 is 0 Å². The highest BCUT2D eigenvalue weighted by molar-refractivity contribution is 7.25. The van der Waals surface area contributed by atoms with Crippen molar-refractivity contribution in [2.75, 3.05) is 4.90 Å². The van der Waals surface area contributed by atoms with Gasteiger partial charge in [-0.2, -0.15) is 0 Å². The lowest BCUT2D eigenvalue weighted by molar-refractivity contribution is 0.660. The maximum atomic E-state index is 6.31. The van der Waals surface area contributed by atoms with Gasteiger partial charge in [-0.25, -0.2) is 0 Å². The van der Waals surface area contributed by atoms with Crippen molar-refractivity contribution in [2.45, 2.75) is 19.3 Å². The van der Waals surface area contributed by atoms with Crippen molar-refractivity contribution in [1.29, 1.82) is 0 Å². The Bertz CT molecular complexity index is 3050. The average molecular weight is 684 g/mol. The minimum absolute atomic E-state index is 0.0425. The highest BCUT2D eigenvalue weighted by atomic mass is 32.1. The third-order valence-corrected chi connectivity index (χ3v) is 12.4. The van der Waals surface area contributed by atoms with Crippen LogP contribution < -0.4 is 4.90 Å². The molecule has 0 unspecified atom stereocenters. The van der Waals surface area contributed by atoms with E-state index in [0.29, 0.717) is 0 Å². The number of hydrogen-bond donors (Lipinski definition) is 0. The summed E-state index contributed by atoms with van der Waals surface area (Å²) in [6, 6.07) is 60.0. The molecule has 0 aliphatic heterocycles. The number of fused-ring (bicyclic) bond motifs is 11. The molecule has 11 rings (SSSR count). The molecule has 0 N–H and O–H groups in total. The molecule has 0 fully saturated rings. The van der Waals surface area contributed by atoms with Gasteiger partial charge in [-0.1, -0.05) is 111 Å². The van der Waals surface area contributed by atoms with E-state index in [2.05, 4.69) is 183 Å². The van der Waals surface area contributed by atoms with Crippen LogP contribution in [0.15, 0.2) is 168 Å². The molecule has 0 radical (unpaired) electrons. The van der Waals surface area contributed by atoms with Crippen molar-refractivity contribution in [3.8, 4) is 22.3 Å². The van der Waals surface area contributed by atoms with E-state index in [1.54, 1.807) is 0 Å². The van der Waals surface area contributed by atoms with Crippen LogP contribution in [0.1, 0.15) is 25.0 Å². The van der Waals surface area contributed by atoms with Crippen molar-refractivity contribution in [3.63, 3.8) is 0 Å². The summed E-state index contributed by atoms with van der Waals surface area (Å²) in [7, 11) is 0. The third-order valence-electron chi connectivity index (χ3n) is 11.3. The normalized spacial score (nSPS) is 13.3. The molecule has 1 aliphatic rings. The highest BCUT2D eigenvalue weighted by Gasteiger charge is 2.35. The molecule has 10 aromatic rings. The Morgan fingerprint density at radius 1 is 0.462 bits per heavy atom. The summed E-state index contributed by atoms with van der Waals surface area (Å²) < 4.78 is 8.93. The van der Waals surface area contributed by atoms with E-state index in [-0.39, 0.29) is 5.41 Å². The Morgan fingerprint density at radius 2 is 1.13 bits per heavy atom. The number of hydrogen-bond acceptors (Lipinski definition) is 3. The summed E-state index contributed by atoms with van der Waals surface area (Å²) in [5.74, 6) is 0. The van der Waals surface area contributed by atoms with Gasteiger partial charge in [0.15, 0.2) is 0 Å². The predicted octanol–water partition coefficient (Wildman–Crippen LogP) is 14.6. The SMILES string of the molecule is CC1(C)c2ccccc2-c2cc(N(c3ccc(-c4ccc5oc6ccc7ccccc7c6c5c4)cc3)c3ccc4sc5ccccc5c4c3)ccc21. The number of furan rings is 1. The van der Waals surface area contributed by atoms with Crippen LogP contribution in [0.3, 0.4) is 0 Å². The third kappa shape index (κ3) is 4.30. The van der Waals surface area contributed by atoms with Gasteiger partial charge in [0, 0.05) is 53.4 Å². The van der Waals surface area contributed by atoms with Gasteiger partial charge in [0.1, 0.15) is 11.2 Å². The van der Waals surface area contributed by atoms with E-state index in [0.717, 1.165) is 33.6 Å². The second kappa shape index (κ2) is 10.9. The zero-order valence-corrected chi connectivity index (χ0v) is 29.7. The first-order valence-corrected chi connectivity index (χ1v) is 18.7. The number of nitrogens with zero attached hydrogens (tertiary/aromatic N) is 1. The molecule has 0 amide bonds. The fraction of sp³-hybridized carbons (Fsp3) is 0.0612. The van der Waals surface area contributed by atoms with E-state index in [1.807, 2.05) is 11.3 Å². The first-order valence-electron chi connectivity index (χ1n) is 17.9. The van der Waals surface area contributed by atoms with Gasteiger partial charge in [-0.05, 0) is 111 Å². The molecule has 3 heteroatoms. The number of benzene rings is 8. The second-order valence-corrected chi connectivity index (χ2v) is 15.6. The molecule has 0 saturated carbocycles. The molecule has 0 atom stereocenters. The predicted molar refractivity (Wildman–Crippen MR) is 222 cm³/mol. The Morgan fingerprint density at radius 3 is 2.04 bits per heavy atom. The van der Waals surface area contributed by atoms with Gasteiger partial charge in [-0.3, -0.25) is 0 Å².